The fourth-order valence-electron chi connectivity index (χ4n) is 2.74. The van der Waals surface area contributed by atoms with Gasteiger partial charge < -0.3 is 19.4 Å². The van der Waals surface area contributed by atoms with Crippen molar-refractivity contribution in [3.05, 3.63) is 42.0 Å². The number of hydrogen-bond acceptors (Lipinski definition) is 5. The summed E-state index contributed by atoms with van der Waals surface area (Å²) < 4.78 is 25.4. The molecule has 28 heavy (non-hydrogen) atoms. The number of halogens is 1. The molecular formula is C20H23FN2O5. The third-order valence-corrected chi connectivity index (χ3v) is 3.97. The Morgan fingerprint density at radius 1 is 1.25 bits per heavy atom. The third kappa shape index (κ3) is 4.57. The summed E-state index contributed by atoms with van der Waals surface area (Å²) in [4.78, 5) is 36.5. The van der Waals surface area contributed by atoms with Gasteiger partial charge in [-0.25, -0.2) is 9.18 Å². The largest absolute Gasteiger partial charge is 0.461 e. The summed E-state index contributed by atoms with van der Waals surface area (Å²) in [7, 11) is 1.61. The Balaban J connectivity index is 2.57. The van der Waals surface area contributed by atoms with Gasteiger partial charge in [-0.3, -0.25) is 9.59 Å². The van der Waals surface area contributed by atoms with Crippen molar-refractivity contribution < 1.29 is 28.2 Å². The number of carbonyl (C=O) groups excluding carboxylic acids is 3. The van der Waals surface area contributed by atoms with Crippen LogP contribution in [-0.2, 0) is 26.1 Å². The van der Waals surface area contributed by atoms with E-state index < -0.39 is 29.3 Å². The minimum atomic E-state index is -1.48. The molecule has 0 saturated heterocycles. The molecule has 0 aliphatic heterocycles. The van der Waals surface area contributed by atoms with Crippen molar-refractivity contribution in [1.29, 1.82) is 0 Å². The lowest BCUT2D eigenvalue weighted by atomic mass is 10.0. The first-order valence-corrected chi connectivity index (χ1v) is 8.70. The predicted molar refractivity (Wildman–Crippen MR) is 101 cm³/mol. The van der Waals surface area contributed by atoms with Gasteiger partial charge in [0.05, 0.1) is 12.3 Å². The van der Waals surface area contributed by atoms with Gasteiger partial charge in [0.2, 0.25) is 0 Å². The van der Waals surface area contributed by atoms with Crippen LogP contribution in [0.2, 0.25) is 0 Å². The van der Waals surface area contributed by atoms with E-state index in [0.717, 1.165) is 0 Å². The maximum absolute atomic E-state index is 13.7. The van der Waals surface area contributed by atoms with Gasteiger partial charge in [0.15, 0.2) is 11.3 Å². The molecule has 0 unspecified atom stereocenters. The Morgan fingerprint density at radius 3 is 2.50 bits per heavy atom. The molecule has 0 fully saturated rings. The van der Waals surface area contributed by atoms with E-state index in [4.69, 9.17) is 9.47 Å². The Bertz CT molecular complexity index is 917. The average Bonchev–Trinajstić information content (AvgIpc) is 2.90. The third-order valence-electron chi connectivity index (χ3n) is 3.97. The second-order valence-corrected chi connectivity index (χ2v) is 6.67. The van der Waals surface area contributed by atoms with Crippen LogP contribution in [0.1, 0.15) is 38.2 Å². The summed E-state index contributed by atoms with van der Waals surface area (Å²) in [5, 5.41) is 2.64. The van der Waals surface area contributed by atoms with Crippen LogP contribution in [0.5, 0.6) is 0 Å². The molecular weight excluding hydrogens is 367 g/mol. The Kier molecular flexibility index (Phi) is 6.23. The lowest BCUT2D eigenvalue weighted by Gasteiger charge is -2.23. The highest BCUT2D eigenvalue weighted by molar-refractivity contribution is 6.07. The molecule has 0 bridgehead atoms. The fourth-order valence-corrected chi connectivity index (χ4v) is 2.74. The van der Waals surface area contributed by atoms with E-state index in [0.29, 0.717) is 11.1 Å². The van der Waals surface area contributed by atoms with Crippen molar-refractivity contribution in [1.82, 2.24) is 4.57 Å². The van der Waals surface area contributed by atoms with Crippen LogP contribution in [0, 0.1) is 5.82 Å². The first-order chi connectivity index (χ1) is 13.1. The van der Waals surface area contributed by atoms with Gasteiger partial charge in [0.1, 0.15) is 5.82 Å². The fraction of sp³-hybridized carbons (Fsp3) is 0.350. The van der Waals surface area contributed by atoms with Crippen LogP contribution < -0.4 is 5.32 Å². The number of carbonyl (C=O) groups is 3. The van der Waals surface area contributed by atoms with Crippen molar-refractivity contribution in [2.45, 2.75) is 33.3 Å². The zero-order chi connectivity index (χ0) is 21.1. The minimum Gasteiger partial charge on any atom is -0.461 e. The monoisotopic (exact) mass is 390 g/mol. The molecule has 0 saturated carbocycles. The second kappa shape index (κ2) is 8.24. The van der Waals surface area contributed by atoms with E-state index in [1.54, 1.807) is 26.2 Å². The number of nitrogens with one attached hydrogen (secondary N) is 1. The quantitative estimate of drug-likeness (QED) is 0.765. The molecule has 0 aliphatic rings. The highest BCUT2D eigenvalue weighted by atomic mass is 19.1. The molecule has 0 aliphatic carbocycles. The van der Waals surface area contributed by atoms with Crippen LogP contribution in [0.4, 0.5) is 10.1 Å². The highest BCUT2D eigenvalue weighted by Gasteiger charge is 2.34. The summed E-state index contributed by atoms with van der Waals surface area (Å²) in [6.07, 6.45) is 1.59. The summed E-state index contributed by atoms with van der Waals surface area (Å²) in [5.41, 5.74) is -0.346. The number of amides is 1. The van der Waals surface area contributed by atoms with Crippen LogP contribution in [0.15, 0.2) is 30.5 Å². The van der Waals surface area contributed by atoms with Crippen LogP contribution in [-0.4, -0.2) is 34.6 Å². The summed E-state index contributed by atoms with van der Waals surface area (Å²) >= 11 is 0. The first kappa shape index (κ1) is 21.1. The Hall–Kier alpha value is -3.16. The molecule has 1 aromatic heterocycles. The van der Waals surface area contributed by atoms with Gasteiger partial charge in [0, 0.05) is 25.7 Å². The molecule has 150 valence electrons. The lowest BCUT2D eigenvalue weighted by Crippen LogP contribution is -2.41. The SMILES string of the molecule is CCOC(=O)c1c(NC(=O)C(C)(C)OC(C)=O)c(-c2cccc(F)c2)cn1C. The number of aryl methyl sites for hydroxylation is 1. The van der Waals surface area contributed by atoms with Crippen LogP contribution >= 0.6 is 0 Å². The molecule has 0 spiro atoms. The number of esters is 2. The van der Waals surface area contributed by atoms with Crippen LogP contribution in [0.3, 0.4) is 0 Å². The van der Waals surface area contributed by atoms with E-state index in [1.165, 1.54) is 43.5 Å². The summed E-state index contributed by atoms with van der Waals surface area (Å²) in [5.74, 6) is -2.37. The normalized spacial score (nSPS) is 11.1. The number of ether oxygens (including phenoxy) is 2. The molecule has 2 rings (SSSR count). The molecule has 1 aromatic carbocycles. The van der Waals surface area contributed by atoms with E-state index in [9.17, 15) is 18.8 Å². The minimum absolute atomic E-state index is 0.0908. The van der Waals surface area contributed by atoms with E-state index in [-0.39, 0.29) is 18.0 Å². The summed E-state index contributed by atoms with van der Waals surface area (Å²) in [6.45, 7) is 5.86. The maximum Gasteiger partial charge on any atom is 0.357 e. The van der Waals surface area contributed by atoms with Gasteiger partial charge in [-0.1, -0.05) is 12.1 Å². The molecule has 7 nitrogen and oxygen atoms in total. The average molecular weight is 390 g/mol. The Morgan fingerprint density at radius 2 is 1.93 bits per heavy atom. The van der Waals surface area contributed by atoms with E-state index in [1.807, 2.05) is 0 Å². The van der Waals surface area contributed by atoms with E-state index in [2.05, 4.69) is 5.32 Å². The molecule has 2 aromatic rings. The van der Waals surface area contributed by atoms with Crippen molar-refractivity contribution in [2.75, 3.05) is 11.9 Å². The molecule has 1 heterocycles. The zero-order valence-electron chi connectivity index (χ0n) is 16.5. The predicted octanol–water partition coefficient (Wildman–Crippen LogP) is 3.29. The highest BCUT2D eigenvalue weighted by Crippen LogP contribution is 2.34. The smallest absolute Gasteiger partial charge is 0.357 e. The standard InChI is InChI=1S/C20H23FN2O5/c1-6-27-18(25)17-16(22-19(26)20(3,4)28-12(2)24)15(11-23(17)5)13-8-7-9-14(21)10-13/h7-11H,6H2,1-5H3,(H,22,26). The number of nitrogens with zero attached hydrogens (tertiary/aromatic N) is 1. The van der Waals surface area contributed by atoms with Crippen molar-refractivity contribution >= 4 is 23.5 Å². The van der Waals surface area contributed by atoms with Gasteiger partial charge in [0.25, 0.3) is 5.91 Å². The molecule has 0 atom stereocenters. The molecule has 1 amide bonds. The lowest BCUT2D eigenvalue weighted by molar-refractivity contribution is -0.160. The second-order valence-electron chi connectivity index (χ2n) is 6.67. The maximum atomic E-state index is 13.7. The molecule has 8 heteroatoms. The molecule has 0 radical (unpaired) electrons. The van der Waals surface area contributed by atoms with Crippen molar-refractivity contribution in [2.24, 2.45) is 7.05 Å². The Labute approximate surface area is 162 Å². The number of aromatic nitrogens is 1. The topological polar surface area (TPSA) is 86.6 Å². The van der Waals surface area contributed by atoms with Crippen molar-refractivity contribution in [3.63, 3.8) is 0 Å². The van der Waals surface area contributed by atoms with Gasteiger partial charge >= 0.3 is 11.9 Å². The van der Waals surface area contributed by atoms with Gasteiger partial charge in [-0.05, 0) is 38.5 Å². The zero-order valence-corrected chi connectivity index (χ0v) is 16.5. The number of rotatable bonds is 6. The van der Waals surface area contributed by atoms with Gasteiger partial charge in [-0.2, -0.15) is 0 Å². The number of hydrogen-bond donors (Lipinski definition) is 1. The number of benzene rings is 1. The van der Waals surface area contributed by atoms with Crippen LogP contribution in [0.25, 0.3) is 11.1 Å². The number of anilines is 1. The summed E-state index contributed by atoms with van der Waals surface area (Å²) in [6, 6.07) is 5.76. The van der Waals surface area contributed by atoms with Crippen molar-refractivity contribution in [3.8, 4) is 11.1 Å². The molecule has 1 N–H and O–H groups in total. The van der Waals surface area contributed by atoms with E-state index >= 15 is 0 Å². The van der Waals surface area contributed by atoms with Gasteiger partial charge in [-0.15, -0.1) is 0 Å². The first-order valence-electron chi connectivity index (χ1n) is 8.70.